The zero-order valence-electron chi connectivity index (χ0n) is 11.3. The van der Waals surface area contributed by atoms with Crippen LogP contribution in [-0.4, -0.2) is 29.4 Å². The maximum Gasteiger partial charge on any atom is 0.339 e. The van der Waals surface area contributed by atoms with E-state index >= 15 is 0 Å². The second kappa shape index (κ2) is 6.69. The third kappa shape index (κ3) is 3.22. The van der Waals surface area contributed by atoms with Gasteiger partial charge in [0.05, 0.1) is 29.8 Å². The highest BCUT2D eigenvalue weighted by Crippen LogP contribution is 2.18. The lowest BCUT2D eigenvalue weighted by Crippen LogP contribution is -2.29. The molecule has 1 heterocycles. The number of aromatic nitrogens is 1. The summed E-state index contributed by atoms with van der Waals surface area (Å²) in [6.45, 7) is -0.263. The smallest absolute Gasteiger partial charge is 0.339 e. The van der Waals surface area contributed by atoms with Gasteiger partial charge in [0.15, 0.2) is 0 Å². The van der Waals surface area contributed by atoms with Crippen LogP contribution in [0.1, 0.15) is 22.0 Å². The van der Waals surface area contributed by atoms with Crippen LogP contribution in [0.5, 0.6) is 0 Å². The highest BCUT2D eigenvalue weighted by molar-refractivity contribution is 9.10. The molecule has 2 aromatic rings. The van der Waals surface area contributed by atoms with Crippen molar-refractivity contribution in [2.24, 2.45) is 0 Å². The third-order valence-corrected chi connectivity index (χ3v) is 3.68. The van der Waals surface area contributed by atoms with Gasteiger partial charge in [0.25, 0.3) is 5.56 Å². The number of hydrogen-bond donors (Lipinski definition) is 1. The summed E-state index contributed by atoms with van der Waals surface area (Å²) in [5.41, 5.74) is 0.680. The van der Waals surface area contributed by atoms with Crippen LogP contribution >= 0.6 is 15.9 Å². The van der Waals surface area contributed by atoms with Gasteiger partial charge in [0.1, 0.15) is 0 Å². The van der Waals surface area contributed by atoms with Crippen molar-refractivity contribution in [3.8, 4) is 0 Å². The number of carbonyl (C=O) groups excluding carboxylic acids is 1. The Morgan fingerprint density at radius 3 is 2.62 bits per heavy atom. The van der Waals surface area contributed by atoms with Crippen LogP contribution in [0.15, 0.2) is 51.9 Å². The minimum atomic E-state index is -0.570. The summed E-state index contributed by atoms with van der Waals surface area (Å²) >= 11 is 3.14. The summed E-state index contributed by atoms with van der Waals surface area (Å²) in [6, 6.07) is 9.95. The molecular formula is C15H14BrNO4. The number of hydrogen-bond acceptors (Lipinski definition) is 4. The lowest BCUT2D eigenvalue weighted by Gasteiger charge is -2.19. The number of benzene rings is 1. The Morgan fingerprint density at radius 1 is 1.38 bits per heavy atom. The molecule has 1 aromatic carbocycles. The van der Waals surface area contributed by atoms with Crippen molar-refractivity contribution >= 4 is 21.9 Å². The van der Waals surface area contributed by atoms with E-state index in [1.54, 1.807) is 0 Å². The third-order valence-electron chi connectivity index (χ3n) is 3.11. The van der Waals surface area contributed by atoms with Crippen LogP contribution in [0.4, 0.5) is 0 Å². The molecule has 0 aliphatic rings. The van der Waals surface area contributed by atoms with E-state index in [0.717, 1.165) is 5.56 Å². The van der Waals surface area contributed by atoms with Gasteiger partial charge in [-0.3, -0.25) is 4.79 Å². The Balaban J connectivity index is 2.58. The van der Waals surface area contributed by atoms with E-state index in [4.69, 9.17) is 0 Å². The van der Waals surface area contributed by atoms with Crippen LogP contribution in [0.25, 0.3) is 0 Å². The summed E-state index contributed by atoms with van der Waals surface area (Å²) in [4.78, 5) is 23.9. The van der Waals surface area contributed by atoms with E-state index < -0.39 is 12.0 Å². The predicted molar refractivity (Wildman–Crippen MR) is 81.4 cm³/mol. The molecule has 110 valence electrons. The van der Waals surface area contributed by atoms with Crippen molar-refractivity contribution in [2.45, 2.75) is 6.04 Å². The van der Waals surface area contributed by atoms with E-state index in [2.05, 4.69) is 20.7 Å². The Hall–Kier alpha value is -1.92. The molecule has 1 atom stereocenters. The van der Waals surface area contributed by atoms with Gasteiger partial charge in [-0.05, 0) is 27.6 Å². The molecule has 0 saturated heterocycles. The normalized spacial score (nSPS) is 12.0. The summed E-state index contributed by atoms with van der Waals surface area (Å²) in [5, 5.41) is 9.64. The molecule has 5 nitrogen and oxygen atoms in total. The van der Waals surface area contributed by atoms with E-state index in [0.29, 0.717) is 0 Å². The van der Waals surface area contributed by atoms with Gasteiger partial charge in [0, 0.05) is 6.20 Å². The average Bonchev–Trinajstić information content (AvgIpc) is 2.52. The first-order valence-electron chi connectivity index (χ1n) is 6.24. The van der Waals surface area contributed by atoms with Crippen LogP contribution in [0.2, 0.25) is 0 Å². The molecule has 0 aliphatic heterocycles. The minimum absolute atomic E-state index is 0.235. The number of aliphatic hydroxyl groups excluding tert-OH is 1. The van der Waals surface area contributed by atoms with Crippen molar-refractivity contribution < 1.29 is 14.6 Å². The number of pyridine rings is 1. The molecular weight excluding hydrogens is 338 g/mol. The maximum atomic E-state index is 12.3. The first-order chi connectivity index (χ1) is 10.1. The fourth-order valence-corrected chi connectivity index (χ4v) is 2.51. The van der Waals surface area contributed by atoms with Crippen molar-refractivity contribution in [1.82, 2.24) is 4.57 Å². The number of ether oxygens (including phenoxy) is 1. The highest BCUT2D eigenvalue weighted by Gasteiger charge is 2.18. The fourth-order valence-electron chi connectivity index (χ4n) is 2.06. The van der Waals surface area contributed by atoms with Crippen molar-refractivity contribution in [3.05, 3.63) is 68.5 Å². The number of methoxy groups -OCH3 is 1. The van der Waals surface area contributed by atoms with Crippen molar-refractivity contribution in [2.75, 3.05) is 13.7 Å². The molecule has 0 saturated carbocycles. The number of halogens is 1. The molecule has 21 heavy (non-hydrogen) atoms. The molecule has 0 spiro atoms. The zero-order valence-corrected chi connectivity index (χ0v) is 12.9. The molecule has 1 aromatic heterocycles. The van der Waals surface area contributed by atoms with E-state index in [-0.39, 0.29) is 22.2 Å². The molecule has 0 amide bonds. The van der Waals surface area contributed by atoms with Crippen LogP contribution < -0.4 is 5.56 Å². The maximum absolute atomic E-state index is 12.3. The van der Waals surface area contributed by atoms with Gasteiger partial charge in [-0.15, -0.1) is 0 Å². The van der Waals surface area contributed by atoms with Crippen molar-refractivity contribution in [1.29, 1.82) is 0 Å². The molecule has 2 rings (SSSR count). The molecule has 6 heteroatoms. The number of rotatable bonds is 4. The van der Waals surface area contributed by atoms with Gasteiger partial charge >= 0.3 is 5.97 Å². The lowest BCUT2D eigenvalue weighted by atomic mass is 10.1. The number of aliphatic hydroxyl groups is 1. The SMILES string of the molecule is COC(=O)c1cc(Br)c(=O)n([C@@H](CO)c2ccccc2)c1. The predicted octanol–water partition coefficient (Wildman–Crippen LogP) is 1.98. The first-order valence-corrected chi connectivity index (χ1v) is 7.03. The van der Waals surface area contributed by atoms with Crippen LogP contribution in [-0.2, 0) is 4.74 Å². The molecule has 0 aliphatic carbocycles. The summed E-state index contributed by atoms with van der Waals surface area (Å²) in [5.74, 6) is -0.547. The molecule has 1 N–H and O–H groups in total. The second-order valence-corrected chi connectivity index (χ2v) is 5.24. The summed E-state index contributed by atoms with van der Waals surface area (Å²) < 4.78 is 6.23. The Labute approximate surface area is 129 Å². The molecule has 0 fully saturated rings. The second-order valence-electron chi connectivity index (χ2n) is 4.39. The Morgan fingerprint density at radius 2 is 2.05 bits per heavy atom. The highest BCUT2D eigenvalue weighted by atomic mass is 79.9. The van der Waals surface area contributed by atoms with Crippen LogP contribution in [0.3, 0.4) is 0 Å². The number of carbonyl (C=O) groups is 1. The number of esters is 1. The quantitative estimate of drug-likeness (QED) is 0.855. The Kier molecular flexibility index (Phi) is 4.93. The molecule has 0 unspecified atom stereocenters. The lowest BCUT2D eigenvalue weighted by molar-refractivity contribution is 0.0599. The van der Waals surface area contributed by atoms with Gasteiger partial charge in [-0.2, -0.15) is 0 Å². The van der Waals surface area contributed by atoms with Crippen LogP contribution in [0, 0.1) is 0 Å². The van der Waals surface area contributed by atoms with Crippen molar-refractivity contribution in [3.63, 3.8) is 0 Å². The van der Waals surface area contributed by atoms with Gasteiger partial charge in [0.2, 0.25) is 0 Å². The molecule has 0 radical (unpaired) electrons. The zero-order chi connectivity index (χ0) is 15.4. The Bertz CT molecular complexity index is 697. The summed E-state index contributed by atoms with van der Waals surface area (Å²) in [7, 11) is 1.27. The van der Waals surface area contributed by atoms with Gasteiger partial charge < -0.3 is 14.4 Å². The molecule has 0 bridgehead atoms. The first kappa shape index (κ1) is 15.5. The van der Waals surface area contributed by atoms with E-state index in [1.807, 2.05) is 30.3 Å². The van der Waals surface area contributed by atoms with Gasteiger partial charge in [-0.25, -0.2) is 4.79 Å². The monoisotopic (exact) mass is 351 g/mol. The average molecular weight is 352 g/mol. The van der Waals surface area contributed by atoms with Gasteiger partial charge in [-0.1, -0.05) is 30.3 Å². The fraction of sp³-hybridized carbons (Fsp3) is 0.200. The standard InChI is InChI=1S/C15H14BrNO4/c1-21-15(20)11-7-12(16)14(19)17(8-11)13(9-18)10-5-3-2-4-6-10/h2-8,13,18H,9H2,1H3/t13-/m0/s1. The minimum Gasteiger partial charge on any atom is -0.465 e. The summed E-state index contributed by atoms with van der Waals surface area (Å²) in [6.07, 6.45) is 1.40. The largest absolute Gasteiger partial charge is 0.465 e. The number of nitrogens with zero attached hydrogens (tertiary/aromatic N) is 1. The van der Waals surface area contributed by atoms with E-state index in [9.17, 15) is 14.7 Å². The van der Waals surface area contributed by atoms with E-state index in [1.165, 1.54) is 23.9 Å². The topological polar surface area (TPSA) is 68.5 Å².